The Kier molecular flexibility index (Phi) is 4.12. The van der Waals surface area contributed by atoms with E-state index in [1.54, 1.807) is 13.8 Å². The molecule has 0 heterocycles. The van der Waals surface area contributed by atoms with Crippen molar-refractivity contribution in [3.05, 3.63) is 33.6 Å². The lowest BCUT2D eigenvalue weighted by molar-refractivity contribution is 0.597. The van der Waals surface area contributed by atoms with Crippen molar-refractivity contribution in [1.82, 2.24) is 0 Å². The average Bonchev–Trinajstić information content (AvgIpc) is 2.20. The molecule has 0 bridgehead atoms. The Morgan fingerprint density at radius 1 is 1.40 bits per heavy atom. The molecule has 0 fully saturated rings. The maximum atomic E-state index is 13.7. The van der Waals surface area contributed by atoms with Crippen molar-refractivity contribution in [3.63, 3.8) is 0 Å². The van der Waals surface area contributed by atoms with Crippen molar-refractivity contribution in [2.45, 2.75) is 33.1 Å². The number of benzene rings is 1. The Morgan fingerprint density at radius 3 is 2.53 bits per heavy atom. The molecule has 1 unspecified atom stereocenters. The predicted molar refractivity (Wildman–Crippen MR) is 63.0 cm³/mol. The van der Waals surface area contributed by atoms with Gasteiger partial charge in [-0.05, 0) is 49.9 Å². The summed E-state index contributed by atoms with van der Waals surface area (Å²) in [5.74, 6) is 0.0592. The quantitative estimate of drug-likeness (QED) is 0.843. The van der Waals surface area contributed by atoms with Gasteiger partial charge in [-0.3, -0.25) is 0 Å². The summed E-state index contributed by atoms with van der Waals surface area (Å²) in [5.41, 5.74) is 7.68. The van der Waals surface area contributed by atoms with Crippen LogP contribution >= 0.6 is 11.6 Å². The van der Waals surface area contributed by atoms with Gasteiger partial charge in [0.25, 0.3) is 0 Å². The second kappa shape index (κ2) is 4.95. The molecule has 1 aromatic rings. The topological polar surface area (TPSA) is 26.0 Å². The monoisotopic (exact) mass is 229 g/mol. The minimum atomic E-state index is -0.193. The van der Waals surface area contributed by atoms with Crippen molar-refractivity contribution in [2.75, 3.05) is 6.54 Å². The molecular weight excluding hydrogens is 213 g/mol. The smallest absolute Gasteiger partial charge is 0.130 e. The molecule has 0 spiro atoms. The van der Waals surface area contributed by atoms with E-state index in [4.69, 9.17) is 17.3 Å². The van der Waals surface area contributed by atoms with Gasteiger partial charge in [0.1, 0.15) is 5.82 Å². The van der Waals surface area contributed by atoms with E-state index < -0.39 is 0 Å². The summed E-state index contributed by atoms with van der Waals surface area (Å²) in [5, 5.41) is 0.497. The van der Waals surface area contributed by atoms with Crippen molar-refractivity contribution in [1.29, 1.82) is 0 Å². The molecule has 3 heteroatoms. The molecule has 1 nitrogen and oxygen atoms in total. The van der Waals surface area contributed by atoms with E-state index in [-0.39, 0.29) is 11.7 Å². The minimum Gasteiger partial charge on any atom is -0.330 e. The van der Waals surface area contributed by atoms with Gasteiger partial charge in [0.15, 0.2) is 0 Å². The molecule has 0 saturated carbocycles. The lowest BCUT2D eigenvalue weighted by Gasteiger charge is -2.16. The summed E-state index contributed by atoms with van der Waals surface area (Å²) >= 11 is 5.96. The molecule has 0 amide bonds. The summed E-state index contributed by atoms with van der Waals surface area (Å²) in [6, 6.07) is 1.86. The van der Waals surface area contributed by atoms with Crippen LogP contribution in [0.3, 0.4) is 0 Å². The van der Waals surface area contributed by atoms with Crippen LogP contribution in [0.25, 0.3) is 0 Å². The zero-order valence-electron chi connectivity index (χ0n) is 9.40. The fourth-order valence-electron chi connectivity index (χ4n) is 1.78. The Balaban J connectivity index is 3.19. The molecule has 1 atom stereocenters. The minimum absolute atomic E-state index is 0.193. The van der Waals surface area contributed by atoms with Crippen molar-refractivity contribution >= 4 is 11.6 Å². The van der Waals surface area contributed by atoms with Crippen LogP contribution in [0, 0.1) is 19.7 Å². The molecule has 0 aliphatic carbocycles. The molecule has 1 rings (SSSR count). The Morgan fingerprint density at radius 2 is 2.00 bits per heavy atom. The van der Waals surface area contributed by atoms with Gasteiger partial charge in [-0.2, -0.15) is 0 Å². The standard InChI is InChI=1S/C12H17ClFN/c1-7(4-5-15)10-6-11(13)9(3)12(14)8(10)2/h6-7H,4-5,15H2,1-3H3. The average molecular weight is 230 g/mol. The van der Waals surface area contributed by atoms with E-state index in [1.165, 1.54) is 0 Å². The summed E-state index contributed by atoms with van der Waals surface area (Å²) in [4.78, 5) is 0. The van der Waals surface area contributed by atoms with Crippen molar-refractivity contribution in [3.8, 4) is 0 Å². The molecular formula is C12H17ClFN. The normalized spacial score (nSPS) is 12.9. The van der Waals surface area contributed by atoms with Gasteiger partial charge in [-0.15, -0.1) is 0 Å². The van der Waals surface area contributed by atoms with E-state index in [0.717, 1.165) is 12.0 Å². The fourth-order valence-corrected chi connectivity index (χ4v) is 1.98. The van der Waals surface area contributed by atoms with Crippen LogP contribution in [0.4, 0.5) is 4.39 Å². The lowest BCUT2D eigenvalue weighted by atomic mass is 9.92. The molecule has 0 aliphatic rings. The molecule has 15 heavy (non-hydrogen) atoms. The van der Waals surface area contributed by atoms with Crippen LogP contribution in [-0.2, 0) is 0 Å². The molecule has 2 N–H and O–H groups in total. The van der Waals surface area contributed by atoms with E-state index >= 15 is 0 Å². The zero-order valence-corrected chi connectivity index (χ0v) is 10.2. The Bertz CT molecular complexity index is 363. The Labute approximate surface area is 95.4 Å². The molecule has 0 radical (unpaired) electrons. The highest BCUT2D eigenvalue weighted by atomic mass is 35.5. The number of hydrogen-bond donors (Lipinski definition) is 1. The number of nitrogens with two attached hydrogens (primary N) is 1. The highest BCUT2D eigenvalue weighted by Crippen LogP contribution is 2.30. The van der Waals surface area contributed by atoms with Crippen LogP contribution in [0.2, 0.25) is 5.02 Å². The zero-order chi connectivity index (χ0) is 11.6. The molecule has 0 aromatic heterocycles. The van der Waals surface area contributed by atoms with Crippen molar-refractivity contribution < 1.29 is 4.39 Å². The second-order valence-electron chi connectivity index (χ2n) is 3.99. The number of hydrogen-bond acceptors (Lipinski definition) is 1. The third-order valence-corrected chi connectivity index (χ3v) is 3.26. The SMILES string of the molecule is Cc1c(Cl)cc(C(C)CCN)c(C)c1F. The van der Waals surface area contributed by atoms with E-state index in [0.29, 0.717) is 22.7 Å². The van der Waals surface area contributed by atoms with E-state index in [1.807, 2.05) is 13.0 Å². The van der Waals surface area contributed by atoms with E-state index in [2.05, 4.69) is 0 Å². The van der Waals surface area contributed by atoms with Gasteiger partial charge in [0.2, 0.25) is 0 Å². The third kappa shape index (κ3) is 2.50. The summed E-state index contributed by atoms with van der Waals surface area (Å²) in [7, 11) is 0. The molecule has 1 aromatic carbocycles. The van der Waals surface area contributed by atoms with Gasteiger partial charge < -0.3 is 5.73 Å². The van der Waals surface area contributed by atoms with Gasteiger partial charge in [0.05, 0.1) is 0 Å². The molecule has 84 valence electrons. The molecule has 0 aliphatic heterocycles. The van der Waals surface area contributed by atoms with Crippen LogP contribution < -0.4 is 5.73 Å². The maximum Gasteiger partial charge on any atom is 0.130 e. The Hall–Kier alpha value is -0.600. The van der Waals surface area contributed by atoms with Gasteiger partial charge in [0, 0.05) is 10.6 Å². The first kappa shape index (κ1) is 12.5. The first-order valence-corrected chi connectivity index (χ1v) is 5.52. The summed E-state index contributed by atoms with van der Waals surface area (Å²) in [6.07, 6.45) is 0.847. The fraction of sp³-hybridized carbons (Fsp3) is 0.500. The first-order chi connectivity index (χ1) is 6.99. The third-order valence-electron chi connectivity index (χ3n) is 2.86. The molecule has 0 saturated heterocycles. The summed E-state index contributed by atoms with van der Waals surface area (Å²) in [6.45, 7) is 6.14. The van der Waals surface area contributed by atoms with Crippen LogP contribution in [0.1, 0.15) is 36.0 Å². The van der Waals surface area contributed by atoms with Gasteiger partial charge in [-0.25, -0.2) is 4.39 Å². The highest BCUT2D eigenvalue weighted by molar-refractivity contribution is 6.31. The highest BCUT2D eigenvalue weighted by Gasteiger charge is 2.15. The number of rotatable bonds is 3. The second-order valence-corrected chi connectivity index (χ2v) is 4.40. The van der Waals surface area contributed by atoms with Crippen LogP contribution in [0.15, 0.2) is 6.07 Å². The van der Waals surface area contributed by atoms with Gasteiger partial charge in [-0.1, -0.05) is 18.5 Å². The number of halogens is 2. The predicted octanol–water partition coefficient (Wildman–Crippen LogP) is 3.55. The van der Waals surface area contributed by atoms with Crippen LogP contribution in [0.5, 0.6) is 0 Å². The van der Waals surface area contributed by atoms with Crippen molar-refractivity contribution in [2.24, 2.45) is 5.73 Å². The summed E-state index contributed by atoms with van der Waals surface area (Å²) < 4.78 is 13.7. The maximum absolute atomic E-state index is 13.7. The largest absolute Gasteiger partial charge is 0.330 e. The van der Waals surface area contributed by atoms with Crippen LogP contribution in [-0.4, -0.2) is 6.54 Å². The first-order valence-electron chi connectivity index (χ1n) is 5.14. The lowest BCUT2D eigenvalue weighted by Crippen LogP contribution is -2.07. The van der Waals surface area contributed by atoms with Gasteiger partial charge >= 0.3 is 0 Å². The van der Waals surface area contributed by atoms with E-state index in [9.17, 15) is 4.39 Å².